The Morgan fingerprint density at radius 1 is 1.22 bits per heavy atom. The third-order valence-electron chi connectivity index (χ3n) is 4.23. The number of carbonyl (C=O) groups excluding carboxylic acids is 1. The summed E-state index contributed by atoms with van der Waals surface area (Å²) in [4.78, 5) is 26.3. The number of hydrogen-bond donors (Lipinski definition) is 2. The third-order valence-corrected chi connectivity index (χ3v) is 5.14. The summed E-state index contributed by atoms with van der Waals surface area (Å²) in [5.41, 5.74) is 11.1. The number of amides is 1. The van der Waals surface area contributed by atoms with Gasteiger partial charge in [-0.15, -0.1) is 11.8 Å². The Morgan fingerprint density at radius 2 is 1.96 bits per heavy atom. The fourth-order valence-electron chi connectivity index (χ4n) is 3.24. The maximum Gasteiger partial charge on any atom is 0.232 e. The SMILES string of the molecule is Nc1nc(N)nc(CSCC(=O)N2CCO[C@H]3CCCC[C@@H]32)n1. The molecule has 1 saturated carbocycles. The lowest BCUT2D eigenvalue weighted by Gasteiger charge is -2.43. The summed E-state index contributed by atoms with van der Waals surface area (Å²) in [5.74, 6) is 1.77. The summed E-state index contributed by atoms with van der Waals surface area (Å²) in [6.07, 6.45) is 4.69. The predicted octanol–water partition coefficient (Wildman–Crippen LogP) is 0.439. The van der Waals surface area contributed by atoms with Crippen molar-refractivity contribution >= 4 is 29.6 Å². The van der Waals surface area contributed by atoms with E-state index in [0.717, 1.165) is 12.8 Å². The third kappa shape index (κ3) is 4.03. The van der Waals surface area contributed by atoms with Crippen molar-refractivity contribution in [3.63, 3.8) is 0 Å². The van der Waals surface area contributed by atoms with Gasteiger partial charge in [0.25, 0.3) is 0 Å². The van der Waals surface area contributed by atoms with Crippen LogP contribution in [0.1, 0.15) is 31.5 Å². The van der Waals surface area contributed by atoms with Gasteiger partial charge in [0.05, 0.1) is 30.3 Å². The van der Waals surface area contributed by atoms with Crippen LogP contribution in [0, 0.1) is 0 Å². The van der Waals surface area contributed by atoms with E-state index in [1.807, 2.05) is 4.90 Å². The minimum absolute atomic E-state index is 0.109. The lowest BCUT2D eigenvalue weighted by atomic mass is 9.90. The van der Waals surface area contributed by atoms with E-state index in [4.69, 9.17) is 16.2 Å². The smallest absolute Gasteiger partial charge is 0.232 e. The number of thioether (sulfide) groups is 1. The fourth-order valence-corrected chi connectivity index (χ4v) is 3.99. The first kappa shape index (κ1) is 16.3. The number of anilines is 2. The van der Waals surface area contributed by atoms with Crippen LogP contribution in [0.4, 0.5) is 11.9 Å². The van der Waals surface area contributed by atoms with Gasteiger partial charge in [0.2, 0.25) is 17.8 Å². The molecule has 2 heterocycles. The number of rotatable bonds is 4. The van der Waals surface area contributed by atoms with Crippen LogP contribution in [-0.2, 0) is 15.3 Å². The summed E-state index contributed by atoms with van der Waals surface area (Å²) in [7, 11) is 0. The number of hydrogen-bond acceptors (Lipinski definition) is 8. The predicted molar refractivity (Wildman–Crippen MR) is 88.5 cm³/mol. The van der Waals surface area contributed by atoms with Gasteiger partial charge in [-0.1, -0.05) is 12.8 Å². The molecule has 1 aromatic heterocycles. The first-order valence-electron chi connectivity index (χ1n) is 7.88. The highest BCUT2D eigenvalue weighted by atomic mass is 32.2. The minimum atomic E-state index is 0.109. The first-order valence-corrected chi connectivity index (χ1v) is 9.03. The zero-order chi connectivity index (χ0) is 16.2. The van der Waals surface area contributed by atoms with Crippen LogP contribution in [0.5, 0.6) is 0 Å². The largest absolute Gasteiger partial charge is 0.374 e. The molecule has 0 aromatic carbocycles. The van der Waals surface area contributed by atoms with E-state index in [1.165, 1.54) is 24.6 Å². The Labute approximate surface area is 139 Å². The van der Waals surface area contributed by atoms with Gasteiger partial charge in [0.1, 0.15) is 5.82 Å². The summed E-state index contributed by atoms with van der Waals surface area (Å²) in [6.45, 7) is 1.32. The Morgan fingerprint density at radius 3 is 2.74 bits per heavy atom. The molecule has 2 atom stereocenters. The van der Waals surface area contributed by atoms with Crippen molar-refractivity contribution in [2.45, 2.75) is 43.6 Å². The van der Waals surface area contributed by atoms with Crippen LogP contribution in [0.15, 0.2) is 0 Å². The van der Waals surface area contributed by atoms with E-state index in [2.05, 4.69) is 15.0 Å². The van der Waals surface area contributed by atoms with Crippen molar-refractivity contribution < 1.29 is 9.53 Å². The molecular formula is C14H22N6O2S. The highest BCUT2D eigenvalue weighted by Gasteiger charge is 2.36. The number of nitrogens with two attached hydrogens (primary N) is 2. The van der Waals surface area contributed by atoms with Crippen molar-refractivity contribution in [2.24, 2.45) is 0 Å². The minimum Gasteiger partial charge on any atom is -0.374 e. The molecule has 4 N–H and O–H groups in total. The zero-order valence-corrected chi connectivity index (χ0v) is 13.8. The van der Waals surface area contributed by atoms with E-state index in [0.29, 0.717) is 30.5 Å². The highest BCUT2D eigenvalue weighted by molar-refractivity contribution is 7.99. The van der Waals surface area contributed by atoms with Crippen molar-refractivity contribution in [1.82, 2.24) is 19.9 Å². The van der Waals surface area contributed by atoms with Crippen molar-refractivity contribution in [1.29, 1.82) is 0 Å². The van der Waals surface area contributed by atoms with Crippen LogP contribution in [0.3, 0.4) is 0 Å². The lowest BCUT2D eigenvalue weighted by molar-refractivity contribution is -0.146. The number of nitrogen functional groups attached to an aromatic ring is 2. The molecule has 2 aliphatic rings. The van der Waals surface area contributed by atoms with E-state index >= 15 is 0 Å². The van der Waals surface area contributed by atoms with Crippen molar-refractivity contribution in [3.05, 3.63) is 5.82 Å². The van der Waals surface area contributed by atoms with Crippen LogP contribution in [-0.4, -0.2) is 56.8 Å². The average Bonchev–Trinajstić information content (AvgIpc) is 2.53. The molecule has 1 aromatic rings. The second-order valence-corrected chi connectivity index (χ2v) is 6.79. The van der Waals surface area contributed by atoms with Gasteiger partial charge in [0.15, 0.2) is 0 Å². The van der Waals surface area contributed by atoms with Crippen molar-refractivity contribution in [3.8, 4) is 0 Å². The van der Waals surface area contributed by atoms with Gasteiger partial charge in [-0.25, -0.2) is 0 Å². The maximum absolute atomic E-state index is 12.5. The van der Waals surface area contributed by atoms with E-state index in [9.17, 15) is 4.79 Å². The Kier molecular flexibility index (Phi) is 5.16. The maximum atomic E-state index is 12.5. The van der Waals surface area contributed by atoms with Gasteiger partial charge in [-0.3, -0.25) is 4.79 Å². The van der Waals surface area contributed by atoms with E-state index in [-0.39, 0.29) is 29.9 Å². The quantitative estimate of drug-likeness (QED) is 0.811. The van der Waals surface area contributed by atoms with Crippen LogP contribution >= 0.6 is 11.8 Å². The summed E-state index contributed by atoms with van der Waals surface area (Å²) in [5, 5.41) is 0. The zero-order valence-electron chi connectivity index (χ0n) is 13.0. The summed E-state index contributed by atoms with van der Waals surface area (Å²) >= 11 is 1.47. The molecule has 1 saturated heterocycles. The molecule has 23 heavy (non-hydrogen) atoms. The molecule has 9 heteroatoms. The number of fused-ring (bicyclic) bond motifs is 1. The van der Waals surface area contributed by atoms with Gasteiger partial charge in [-0.2, -0.15) is 15.0 Å². The molecular weight excluding hydrogens is 316 g/mol. The Balaban J connectivity index is 1.52. The number of morpholine rings is 1. The monoisotopic (exact) mass is 338 g/mol. The van der Waals surface area contributed by atoms with Gasteiger partial charge < -0.3 is 21.1 Å². The molecule has 8 nitrogen and oxygen atoms in total. The van der Waals surface area contributed by atoms with E-state index < -0.39 is 0 Å². The Bertz CT molecular complexity index is 550. The molecule has 3 rings (SSSR count). The standard InChI is InChI=1S/C14H22N6O2S/c15-13-17-11(18-14(16)19-13)7-23-8-12(21)20-5-6-22-10-4-2-1-3-9(10)20/h9-10H,1-8H2,(H4,15,16,17,18,19)/t9-,10-/m0/s1. The second-order valence-electron chi connectivity index (χ2n) is 5.81. The molecule has 0 unspecified atom stereocenters. The molecule has 0 spiro atoms. The first-order chi connectivity index (χ1) is 11.1. The molecule has 1 aliphatic carbocycles. The number of carbonyl (C=O) groups is 1. The van der Waals surface area contributed by atoms with Crippen LogP contribution in [0.2, 0.25) is 0 Å². The number of aromatic nitrogens is 3. The molecule has 0 radical (unpaired) electrons. The lowest BCUT2D eigenvalue weighted by Crippen LogP contribution is -2.55. The molecule has 1 aliphatic heterocycles. The van der Waals surface area contributed by atoms with Gasteiger partial charge in [0, 0.05) is 6.54 Å². The van der Waals surface area contributed by atoms with Crippen LogP contribution in [0.25, 0.3) is 0 Å². The van der Waals surface area contributed by atoms with Gasteiger partial charge in [-0.05, 0) is 12.8 Å². The molecule has 126 valence electrons. The van der Waals surface area contributed by atoms with Gasteiger partial charge >= 0.3 is 0 Å². The number of ether oxygens (including phenoxy) is 1. The van der Waals surface area contributed by atoms with Crippen LogP contribution < -0.4 is 11.5 Å². The fraction of sp³-hybridized carbons (Fsp3) is 0.714. The average molecular weight is 338 g/mol. The summed E-state index contributed by atoms with van der Waals surface area (Å²) in [6, 6.07) is 0.245. The molecule has 1 amide bonds. The Hall–Kier alpha value is -1.61. The van der Waals surface area contributed by atoms with Crippen molar-refractivity contribution in [2.75, 3.05) is 30.4 Å². The summed E-state index contributed by atoms with van der Waals surface area (Å²) < 4.78 is 5.81. The second kappa shape index (κ2) is 7.31. The topological polar surface area (TPSA) is 120 Å². The molecule has 0 bridgehead atoms. The number of nitrogens with zero attached hydrogens (tertiary/aromatic N) is 4. The normalized spacial score (nSPS) is 24.3. The van der Waals surface area contributed by atoms with E-state index in [1.54, 1.807) is 0 Å². The highest BCUT2D eigenvalue weighted by Crippen LogP contribution is 2.29. The molecule has 2 fully saturated rings.